The molecule has 0 unspecified atom stereocenters. The van der Waals surface area contributed by atoms with Gasteiger partial charge in [-0.05, 0) is 12.2 Å². The molecule has 14 heavy (non-hydrogen) atoms. The first-order valence-electron chi connectivity index (χ1n) is 6.35. The normalized spacial score (nSPS) is 10.7. The van der Waals surface area contributed by atoms with E-state index in [1.807, 2.05) is 11.8 Å². The van der Waals surface area contributed by atoms with Crippen LogP contribution < -0.4 is 0 Å². The molecule has 0 nitrogen and oxygen atoms in total. The molecule has 0 aromatic carbocycles. The predicted octanol–water partition coefficient (Wildman–Crippen LogP) is 5.43. The van der Waals surface area contributed by atoms with E-state index in [0.29, 0.717) is 0 Å². The molecule has 0 saturated heterocycles. The van der Waals surface area contributed by atoms with Gasteiger partial charge in [-0.2, -0.15) is 11.8 Å². The van der Waals surface area contributed by atoms with Crippen LogP contribution in [0.3, 0.4) is 0 Å². The molecule has 0 spiro atoms. The van der Waals surface area contributed by atoms with Crippen molar-refractivity contribution in [3.63, 3.8) is 0 Å². The van der Waals surface area contributed by atoms with Crippen LogP contribution in [0.4, 0.5) is 0 Å². The van der Waals surface area contributed by atoms with Crippen LogP contribution in [-0.2, 0) is 0 Å². The number of hydrogen-bond acceptors (Lipinski definition) is 1. The SMILES string of the molecule is CCCCCCCCCC[CH]SCC. The molecular weight excluding hydrogens is 188 g/mol. The van der Waals surface area contributed by atoms with Crippen molar-refractivity contribution >= 4 is 11.8 Å². The Labute approximate surface area is 95.2 Å². The fourth-order valence-electron chi connectivity index (χ4n) is 1.56. The van der Waals surface area contributed by atoms with Gasteiger partial charge in [0.2, 0.25) is 0 Å². The van der Waals surface area contributed by atoms with Crippen molar-refractivity contribution in [2.45, 2.75) is 71.6 Å². The molecule has 0 atom stereocenters. The molecule has 0 heterocycles. The average molecular weight is 215 g/mol. The summed E-state index contributed by atoms with van der Waals surface area (Å²) in [4.78, 5) is 0. The second kappa shape index (κ2) is 13.4. The van der Waals surface area contributed by atoms with E-state index in [2.05, 4.69) is 19.6 Å². The van der Waals surface area contributed by atoms with Crippen molar-refractivity contribution in [2.24, 2.45) is 0 Å². The Hall–Kier alpha value is 0.350. The third-order valence-electron chi connectivity index (χ3n) is 2.46. The molecule has 1 radical (unpaired) electrons. The van der Waals surface area contributed by atoms with Gasteiger partial charge in [0, 0.05) is 5.75 Å². The Kier molecular flexibility index (Phi) is 13.7. The van der Waals surface area contributed by atoms with Gasteiger partial charge in [-0.15, -0.1) is 0 Å². The van der Waals surface area contributed by atoms with Crippen LogP contribution in [-0.4, -0.2) is 5.75 Å². The van der Waals surface area contributed by atoms with Gasteiger partial charge in [0.15, 0.2) is 0 Å². The minimum atomic E-state index is 1.23. The van der Waals surface area contributed by atoms with E-state index in [1.165, 1.54) is 63.5 Å². The molecule has 0 aliphatic heterocycles. The van der Waals surface area contributed by atoms with Crippen LogP contribution in [0.25, 0.3) is 0 Å². The topological polar surface area (TPSA) is 0 Å². The summed E-state index contributed by atoms with van der Waals surface area (Å²) < 4.78 is 0. The Morgan fingerprint density at radius 3 is 1.93 bits per heavy atom. The van der Waals surface area contributed by atoms with E-state index in [-0.39, 0.29) is 0 Å². The molecule has 85 valence electrons. The fourth-order valence-corrected chi connectivity index (χ4v) is 2.13. The standard InChI is InChI=1S/C13H27S/c1-3-5-6-7-8-9-10-11-12-13-14-4-2/h13H,3-12H2,1-2H3. The van der Waals surface area contributed by atoms with Crippen molar-refractivity contribution in [1.82, 2.24) is 0 Å². The summed E-state index contributed by atoms with van der Waals surface area (Å²) in [6, 6.07) is 0. The lowest BCUT2D eigenvalue weighted by molar-refractivity contribution is 0.576. The van der Waals surface area contributed by atoms with Crippen molar-refractivity contribution in [2.75, 3.05) is 5.75 Å². The van der Waals surface area contributed by atoms with Crippen LogP contribution in [0, 0.1) is 5.75 Å². The summed E-state index contributed by atoms with van der Waals surface area (Å²) in [7, 11) is 0. The van der Waals surface area contributed by atoms with Crippen LogP contribution in [0.15, 0.2) is 0 Å². The van der Waals surface area contributed by atoms with Gasteiger partial charge in [-0.25, -0.2) is 0 Å². The lowest BCUT2D eigenvalue weighted by Crippen LogP contribution is -1.81. The summed E-state index contributed by atoms with van der Waals surface area (Å²) in [6.07, 6.45) is 12.8. The van der Waals surface area contributed by atoms with Gasteiger partial charge in [0.1, 0.15) is 0 Å². The van der Waals surface area contributed by atoms with Crippen LogP contribution in [0.1, 0.15) is 71.6 Å². The largest absolute Gasteiger partial charge is 0.158 e. The van der Waals surface area contributed by atoms with Gasteiger partial charge in [0.25, 0.3) is 0 Å². The van der Waals surface area contributed by atoms with E-state index >= 15 is 0 Å². The first kappa shape index (κ1) is 14.3. The summed E-state index contributed by atoms with van der Waals surface area (Å²) >= 11 is 1.96. The van der Waals surface area contributed by atoms with Crippen molar-refractivity contribution in [1.29, 1.82) is 0 Å². The highest BCUT2D eigenvalue weighted by molar-refractivity contribution is 8.01. The second-order valence-corrected chi connectivity index (χ2v) is 5.13. The Bertz CT molecular complexity index is 79.2. The monoisotopic (exact) mass is 215 g/mol. The highest BCUT2D eigenvalue weighted by Gasteiger charge is 1.92. The summed E-state index contributed by atoms with van der Waals surface area (Å²) in [5.41, 5.74) is 0. The molecule has 0 fully saturated rings. The smallest absolute Gasteiger partial charge is 0.0166 e. The van der Waals surface area contributed by atoms with Crippen molar-refractivity contribution < 1.29 is 0 Å². The van der Waals surface area contributed by atoms with Gasteiger partial charge >= 0.3 is 0 Å². The van der Waals surface area contributed by atoms with Crippen LogP contribution >= 0.6 is 11.8 Å². The molecule has 0 N–H and O–H groups in total. The average Bonchev–Trinajstić information content (AvgIpc) is 2.21. The van der Waals surface area contributed by atoms with E-state index in [4.69, 9.17) is 0 Å². The van der Waals surface area contributed by atoms with Gasteiger partial charge in [0.05, 0.1) is 0 Å². The first-order chi connectivity index (χ1) is 6.91. The van der Waals surface area contributed by atoms with Crippen molar-refractivity contribution in [3.8, 4) is 0 Å². The van der Waals surface area contributed by atoms with Gasteiger partial charge in [-0.1, -0.05) is 65.2 Å². The van der Waals surface area contributed by atoms with Gasteiger partial charge < -0.3 is 0 Å². The molecule has 0 rings (SSSR count). The zero-order valence-electron chi connectivity index (χ0n) is 10.1. The van der Waals surface area contributed by atoms with E-state index in [9.17, 15) is 0 Å². The minimum absolute atomic E-state index is 1.23. The second-order valence-electron chi connectivity index (χ2n) is 3.89. The summed E-state index contributed by atoms with van der Waals surface area (Å²) in [5.74, 6) is 3.61. The first-order valence-corrected chi connectivity index (χ1v) is 7.40. The minimum Gasteiger partial charge on any atom is -0.158 e. The molecule has 0 bridgehead atoms. The molecule has 0 saturated carbocycles. The highest BCUT2D eigenvalue weighted by atomic mass is 32.2. The van der Waals surface area contributed by atoms with E-state index < -0.39 is 0 Å². The maximum absolute atomic E-state index is 2.37. The molecule has 0 aliphatic carbocycles. The van der Waals surface area contributed by atoms with Crippen LogP contribution in [0.5, 0.6) is 0 Å². The zero-order chi connectivity index (χ0) is 10.5. The fraction of sp³-hybridized carbons (Fsp3) is 0.923. The third kappa shape index (κ3) is 12.3. The Morgan fingerprint density at radius 1 is 0.786 bits per heavy atom. The van der Waals surface area contributed by atoms with Gasteiger partial charge in [-0.3, -0.25) is 0 Å². The molecular formula is C13H27S. The maximum Gasteiger partial charge on any atom is 0.0166 e. The zero-order valence-corrected chi connectivity index (χ0v) is 10.9. The maximum atomic E-state index is 2.37. The van der Waals surface area contributed by atoms with Crippen LogP contribution in [0.2, 0.25) is 0 Å². The summed E-state index contributed by atoms with van der Waals surface area (Å²) in [5, 5.41) is 0. The Morgan fingerprint density at radius 2 is 1.36 bits per heavy atom. The highest BCUT2D eigenvalue weighted by Crippen LogP contribution is 2.14. The number of thioether (sulfide) groups is 1. The lowest BCUT2D eigenvalue weighted by atomic mass is 10.1. The van der Waals surface area contributed by atoms with E-state index in [0.717, 1.165) is 0 Å². The van der Waals surface area contributed by atoms with Crippen molar-refractivity contribution in [3.05, 3.63) is 5.75 Å². The summed E-state index contributed by atoms with van der Waals surface area (Å²) in [6.45, 7) is 4.50. The molecule has 0 aromatic heterocycles. The quantitative estimate of drug-likeness (QED) is 0.414. The molecule has 0 aromatic rings. The molecule has 1 heteroatoms. The lowest BCUT2D eigenvalue weighted by Gasteiger charge is -2.01. The number of unbranched alkanes of at least 4 members (excludes halogenated alkanes) is 8. The third-order valence-corrected chi connectivity index (χ3v) is 3.26. The molecule has 0 amide bonds. The number of hydrogen-bond donors (Lipinski definition) is 0. The Balaban J connectivity index is 2.78. The predicted molar refractivity (Wildman–Crippen MR) is 69.7 cm³/mol. The van der Waals surface area contributed by atoms with E-state index in [1.54, 1.807) is 0 Å². The molecule has 0 aliphatic rings. The number of rotatable bonds is 11.